The fraction of sp³-hybridized carbons (Fsp3) is 0. The van der Waals surface area contributed by atoms with Crippen molar-refractivity contribution in [1.29, 1.82) is 0 Å². The average Bonchev–Trinajstić information content (AvgIpc) is 1.87. The van der Waals surface area contributed by atoms with Crippen LogP contribution in [0.4, 0.5) is 5.95 Å². The van der Waals surface area contributed by atoms with E-state index in [0.717, 1.165) is 4.79 Å². The van der Waals surface area contributed by atoms with Gasteiger partial charge in [0.2, 0.25) is 5.95 Å². The van der Waals surface area contributed by atoms with Crippen LogP contribution in [-0.2, 0) is 0 Å². The predicted octanol–water partition coefficient (Wildman–Crippen LogP) is -1.43. The van der Waals surface area contributed by atoms with Crippen LogP contribution < -0.4 is 11.6 Å². The van der Waals surface area contributed by atoms with Crippen molar-refractivity contribution in [2.45, 2.75) is 0 Å². The van der Waals surface area contributed by atoms with Gasteiger partial charge in [-0.2, -0.15) is 9.77 Å². The molecule has 1 aromatic rings. The van der Waals surface area contributed by atoms with E-state index in [9.17, 15) is 0 Å². The zero-order valence-electron chi connectivity index (χ0n) is 3.57. The Morgan fingerprint density at radius 1 is 1.71 bits per heavy atom. The molecule has 0 unspecified atom stereocenters. The fourth-order valence-electron chi connectivity index (χ4n) is 0.288. The molecule has 0 saturated carbocycles. The Morgan fingerprint density at radius 3 is 2.57 bits per heavy atom. The van der Waals surface area contributed by atoms with Gasteiger partial charge in [-0.3, -0.25) is 0 Å². The van der Waals surface area contributed by atoms with E-state index in [0.29, 0.717) is 0 Å². The molecular weight excluding hydrogens is 94.1 g/mol. The van der Waals surface area contributed by atoms with Crippen LogP contribution in [0.1, 0.15) is 0 Å². The minimum Gasteiger partial charge on any atom is -0.366 e. The second kappa shape index (κ2) is 1.11. The first-order chi connectivity index (χ1) is 3.29. The molecular formula is C2H5N5. The topological polar surface area (TPSA) is 82.8 Å². The van der Waals surface area contributed by atoms with Gasteiger partial charge >= 0.3 is 0 Å². The lowest BCUT2D eigenvalue weighted by atomic mass is 11.1. The van der Waals surface area contributed by atoms with Crippen molar-refractivity contribution in [2.24, 2.45) is 0 Å². The van der Waals surface area contributed by atoms with Crippen molar-refractivity contribution in [3.05, 3.63) is 6.33 Å². The molecule has 0 aliphatic heterocycles. The zero-order chi connectivity index (χ0) is 5.28. The molecule has 0 aliphatic carbocycles. The van der Waals surface area contributed by atoms with E-state index in [1.54, 1.807) is 0 Å². The molecule has 0 amide bonds. The summed E-state index contributed by atoms with van der Waals surface area (Å²) < 4.78 is 0. The highest BCUT2D eigenvalue weighted by atomic mass is 15.5. The molecule has 0 aromatic carbocycles. The number of rotatable bonds is 0. The number of hydrogen-bond donors (Lipinski definition) is 2. The summed E-state index contributed by atoms with van der Waals surface area (Å²) in [6.45, 7) is 0. The van der Waals surface area contributed by atoms with Gasteiger partial charge in [0.05, 0.1) is 0 Å². The van der Waals surface area contributed by atoms with Gasteiger partial charge in [0, 0.05) is 0 Å². The largest absolute Gasteiger partial charge is 0.366 e. The Kier molecular flexibility index (Phi) is 0.619. The van der Waals surface area contributed by atoms with Crippen LogP contribution in [0.25, 0.3) is 0 Å². The molecule has 0 radical (unpaired) electrons. The maximum atomic E-state index is 5.06. The molecule has 4 N–H and O–H groups in total. The van der Waals surface area contributed by atoms with Gasteiger partial charge in [-0.1, -0.05) is 0 Å². The average molecular weight is 99.1 g/mol. The number of aromatic nitrogens is 3. The van der Waals surface area contributed by atoms with Crippen LogP contribution in [-0.4, -0.2) is 14.9 Å². The summed E-state index contributed by atoms with van der Waals surface area (Å²) in [7, 11) is 0. The molecule has 0 aliphatic rings. The first-order valence-electron chi connectivity index (χ1n) is 1.71. The van der Waals surface area contributed by atoms with Crippen molar-refractivity contribution in [2.75, 3.05) is 11.6 Å². The van der Waals surface area contributed by atoms with E-state index < -0.39 is 0 Å². The summed E-state index contributed by atoms with van der Waals surface area (Å²) in [6, 6.07) is 0. The Morgan fingerprint density at radius 2 is 2.43 bits per heavy atom. The molecule has 7 heavy (non-hydrogen) atoms. The first-order valence-corrected chi connectivity index (χ1v) is 1.71. The van der Waals surface area contributed by atoms with Crippen LogP contribution in [0.5, 0.6) is 0 Å². The normalized spacial score (nSPS) is 9.14. The van der Waals surface area contributed by atoms with Gasteiger partial charge in [-0.15, -0.1) is 5.10 Å². The molecule has 0 fully saturated rings. The minimum atomic E-state index is 0.197. The van der Waals surface area contributed by atoms with Crippen molar-refractivity contribution >= 4 is 5.95 Å². The van der Waals surface area contributed by atoms with Crippen molar-refractivity contribution in [3.8, 4) is 0 Å². The molecule has 1 heterocycles. The van der Waals surface area contributed by atoms with Gasteiger partial charge in [0.1, 0.15) is 6.33 Å². The minimum absolute atomic E-state index is 0.197. The predicted molar refractivity (Wildman–Crippen MR) is 24.6 cm³/mol. The summed E-state index contributed by atoms with van der Waals surface area (Å²) >= 11 is 0. The molecule has 0 atom stereocenters. The van der Waals surface area contributed by atoms with Crippen LogP contribution in [0.3, 0.4) is 0 Å². The highest BCUT2D eigenvalue weighted by Gasteiger charge is 1.84. The molecule has 38 valence electrons. The van der Waals surface area contributed by atoms with Crippen molar-refractivity contribution in [3.63, 3.8) is 0 Å². The summed E-state index contributed by atoms with van der Waals surface area (Å²) in [5, 5.41) is 3.47. The van der Waals surface area contributed by atoms with E-state index >= 15 is 0 Å². The molecule has 0 spiro atoms. The van der Waals surface area contributed by atoms with Crippen molar-refractivity contribution < 1.29 is 0 Å². The molecule has 0 bridgehead atoms. The van der Waals surface area contributed by atoms with E-state index in [1.807, 2.05) is 0 Å². The second-order valence-electron chi connectivity index (χ2n) is 1.08. The number of nitrogens with zero attached hydrogens (tertiary/aromatic N) is 3. The number of anilines is 1. The van der Waals surface area contributed by atoms with Gasteiger partial charge in [0.15, 0.2) is 0 Å². The zero-order valence-corrected chi connectivity index (χ0v) is 3.57. The van der Waals surface area contributed by atoms with Crippen LogP contribution in [0.2, 0.25) is 0 Å². The third kappa shape index (κ3) is 0.594. The molecule has 1 rings (SSSR count). The summed E-state index contributed by atoms with van der Waals surface area (Å²) in [5.74, 6) is 5.24. The van der Waals surface area contributed by atoms with Gasteiger partial charge in [-0.25, -0.2) is 0 Å². The van der Waals surface area contributed by atoms with Crippen molar-refractivity contribution in [1.82, 2.24) is 14.9 Å². The lowest BCUT2D eigenvalue weighted by molar-refractivity contribution is 0.834. The summed E-state index contributed by atoms with van der Waals surface area (Å²) in [4.78, 5) is 4.57. The highest BCUT2D eigenvalue weighted by molar-refractivity contribution is 5.08. The number of hydrogen-bond acceptors (Lipinski definition) is 4. The standard InChI is InChI=1S/C2H5N5/c3-2-5-1-7(4)6-2/h1H,4H2,(H2,3,6). The Balaban J connectivity index is 3.04. The van der Waals surface area contributed by atoms with Crippen LogP contribution in [0.15, 0.2) is 6.33 Å². The van der Waals surface area contributed by atoms with E-state index in [2.05, 4.69) is 10.1 Å². The lowest BCUT2D eigenvalue weighted by Gasteiger charge is -1.78. The number of nitrogen functional groups attached to an aromatic ring is 2. The van der Waals surface area contributed by atoms with E-state index in [-0.39, 0.29) is 5.95 Å². The summed E-state index contributed by atoms with van der Waals surface area (Å²) in [6.07, 6.45) is 1.33. The third-order valence-corrected chi connectivity index (χ3v) is 0.526. The van der Waals surface area contributed by atoms with Gasteiger partial charge in [0.25, 0.3) is 0 Å². The third-order valence-electron chi connectivity index (χ3n) is 0.526. The smallest absolute Gasteiger partial charge is 0.241 e. The lowest BCUT2D eigenvalue weighted by Crippen LogP contribution is -2.08. The molecule has 5 nitrogen and oxygen atoms in total. The van der Waals surface area contributed by atoms with Gasteiger partial charge < -0.3 is 11.6 Å². The first kappa shape index (κ1) is 3.91. The fourth-order valence-corrected chi connectivity index (χ4v) is 0.288. The van der Waals surface area contributed by atoms with Gasteiger partial charge in [-0.05, 0) is 0 Å². The highest BCUT2D eigenvalue weighted by Crippen LogP contribution is 1.80. The second-order valence-corrected chi connectivity index (χ2v) is 1.08. The number of nitrogens with two attached hydrogens (primary N) is 2. The maximum absolute atomic E-state index is 5.06. The molecule has 5 heteroatoms. The van der Waals surface area contributed by atoms with Crippen LogP contribution in [0, 0.1) is 0 Å². The Labute approximate surface area is 39.9 Å². The Bertz CT molecular complexity index is 138. The molecule has 1 aromatic heterocycles. The summed E-state index contributed by atoms with van der Waals surface area (Å²) in [5.41, 5.74) is 5.06. The quantitative estimate of drug-likeness (QED) is 0.391. The molecule has 0 saturated heterocycles. The SMILES string of the molecule is Nc1ncn(N)n1. The monoisotopic (exact) mass is 99.1 g/mol. The van der Waals surface area contributed by atoms with E-state index in [1.165, 1.54) is 6.33 Å². The van der Waals surface area contributed by atoms with Crippen LogP contribution >= 0.6 is 0 Å². The maximum Gasteiger partial charge on any atom is 0.241 e. The van der Waals surface area contributed by atoms with E-state index in [4.69, 9.17) is 11.6 Å². The Hall–Kier alpha value is -1.26.